The highest BCUT2D eigenvalue weighted by atomic mass is 35.5. The number of aryl methyl sites for hydroxylation is 2. The van der Waals surface area contributed by atoms with Crippen molar-refractivity contribution < 1.29 is 8.42 Å². The van der Waals surface area contributed by atoms with Gasteiger partial charge >= 0.3 is 0 Å². The van der Waals surface area contributed by atoms with Crippen LogP contribution in [-0.2, 0) is 10.0 Å². The van der Waals surface area contributed by atoms with Crippen molar-refractivity contribution in [2.24, 2.45) is 0 Å². The van der Waals surface area contributed by atoms with Gasteiger partial charge in [0.15, 0.2) is 0 Å². The number of nitrogens with one attached hydrogen (secondary N) is 2. The standard InChI is InChI=1S/C22H23Cl2N5O2S/c1-14-3-5-26-15(2)21(14)28-32(30,31)22-18(23)11-17(12-19(22)24)16-4-6-27-20(13-16)29-9-7-25-8-10-29/h3-6,11-13,25,28H,7-10H2,1-2H3. The Kier molecular flexibility index (Phi) is 6.57. The lowest BCUT2D eigenvalue weighted by Gasteiger charge is -2.28. The fourth-order valence-corrected chi connectivity index (χ4v) is 6.09. The molecule has 0 amide bonds. The summed E-state index contributed by atoms with van der Waals surface area (Å²) in [7, 11) is -4.03. The van der Waals surface area contributed by atoms with Crippen molar-refractivity contribution in [3.63, 3.8) is 0 Å². The normalized spacial score (nSPS) is 14.4. The average Bonchev–Trinajstić information content (AvgIpc) is 2.76. The Morgan fingerprint density at radius 3 is 2.28 bits per heavy atom. The van der Waals surface area contributed by atoms with Gasteiger partial charge in [0.25, 0.3) is 10.0 Å². The maximum Gasteiger partial charge on any atom is 0.264 e. The Bertz CT molecular complexity index is 1220. The molecule has 0 radical (unpaired) electrons. The molecule has 0 unspecified atom stereocenters. The summed E-state index contributed by atoms with van der Waals surface area (Å²) >= 11 is 12.9. The second-order valence-corrected chi connectivity index (χ2v) is 10.0. The largest absolute Gasteiger partial charge is 0.354 e. The molecule has 0 bridgehead atoms. The Balaban J connectivity index is 1.68. The first-order valence-corrected chi connectivity index (χ1v) is 12.4. The Hall–Kier alpha value is -2.39. The van der Waals surface area contributed by atoms with Crippen LogP contribution in [0.1, 0.15) is 11.3 Å². The van der Waals surface area contributed by atoms with Crippen molar-refractivity contribution in [3.05, 3.63) is 64.0 Å². The molecular weight excluding hydrogens is 469 g/mol. The van der Waals surface area contributed by atoms with Gasteiger partial charge in [0.1, 0.15) is 10.7 Å². The van der Waals surface area contributed by atoms with Crippen LogP contribution in [0.4, 0.5) is 11.5 Å². The topological polar surface area (TPSA) is 87.2 Å². The van der Waals surface area contributed by atoms with Crippen LogP contribution in [0, 0.1) is 13.8 Å². The van der Waals surface area contributed by atoms with Crippen LogP contribution in [0.5, 0.6) is 0 Å². The van der Waals surface area contributed by atoms with Crippen molar-refractivity contribution >= 4 is 44.7 Å². The van der Waals surface area contributed by atoms with Crippen molar-refractivity contribution in [1.29, 1.82) is 0 Å². The summed E-state index contributed by atoms with van der Waals surface area (Å²) in [6.07, 6.45) is 3.36. The summed E-state index contributed by atoms with van der Waals surface area (Å²) < 4.78 is 28.8. The summed E-state index contributed by atoms with van der Waals surface area (Å²) in [5.74, 6) is 0.858. The number of aromatic nitrogens is 2. The van der Waals surface area contributed by atoms with Gasteiger partial charge in [-0.15, -0.1) is 0 Å². The molecule has 0 aliphatic carbocycles. The highest BCUT2D eigenvalue weighted by Crippen LogP contribution is 2.36. The molecule has 32 heavy (non-hydrogen) atoms. The number of nitrogens with zero attached hydrogens (tertiary/aromatic N) is 3. The fraction of sp³-hybridized carbons (Fsp3) is 0.273. The summed E-state index contributed by atoms with van der Waals surface area (Å²) in [6, 6.07) is 8.77. The van der Waals surface area contributed by atoms with E-state index in [2.05, 4.69) is 24.9 Å². The van der Waals surface area contributed by atoms with Gasteiger partial charge < -0.3 is 10.2 Å². The number of rotatable bonds is 5. The molecule has 2 N–H and O–H groups in total. The first kappa shape index (κ1) is 22.8. The minimum atomic E-state index is -4.03. The lowest BCUT2D eigenvalue weighted by atomic mass is 10.1. The molecule has 1 aliphatic rings. The zero-order chi connectivity index (χ0) is 22.9. The molecule has 1 saturated heterocycles. The quantitative estimate of drug-likeness (QED) is 0.553. The smallest absolute Gasteiger partial charge is 0.264 e. The van der Waals surface area contributed by atoms with Crippen LogP contribution in [0.25, 0.3) is 11.1 Å². The summed E-state index contributed by atoms with van der Waals surface area (Å²) in [5, 5.41) is 3.40. The molecule has 0 saturated carbocycles. The molecule has 168 valence electrons. The summed E-state index contributed by atoms with van der Waals surface area (Å²) in [5.41, 5.74) is 3.30. The lowest BCUT2D eigenvalue weighted by Crippen LogP contribution is -2.43. The third kappa shape index (κ3) is 4.68. The summed E-state index contributed by atoms with van der Waals surface area (Å²) in [6.45, 7) is 7.08. The van der Waals surface area contributed by atoms with Crippen molar-refractivity contribution in [3.8, 4) is 11.1 Å². The van der Waals surface area contributed by atoms with Crippen LogP contribution < -0.4 is 14.9 Å². The maximum absolute atomic E-state index is 13.1. The summed E-state index contributed by atoms with van der Waals surface area (Å²) in [4.78, 5) is 10.7. The van der Waals surface area contributed by atoms with E-state index >= 15 is 0 Å². The Labute approximate surface area is 197 Å². The highest BCUT2D eigenvalue weighted by molar-refractivity contribution is 7.93. The van der Waals surface area contributed by atoms with E-state index in [1.165, 1.54) is 0 Å². The third-order valence-electron chi connectivity index (χ3n) is 5.37. The van der Waals surface area contributed by atoms with E-state index in [1.54, 1.807) is 44.4 Å². The van der Waals surface area contributed by atoms with Gasteiger partial charge in [-0.3, -0.25) is 9.71 Å². The molecule has 0 atom stereocenters. The van der Waals surface area contributed by atoms with Gasteiger partial charge in [0, 0.05) is 38.6 Å². The number of benzene rings is 1. The predicted molar refractivity (Wildman–Crippen MR) is 129 cm³/mol. The van der Waals surface area contributed by atoms with Crippen molar-refractivity contribution in [2.75, 3.05) is 35.8 Å². The van der Waals surface area contributed by atoms with E-state index < -0.39 is 10.0 Å². The van der Waals surface area contributed by atoms with E-state index in [0.717, 1.165) is 43.1 Å². The van der Waals surface area contributed by atoms with E-state index in [1.807, 2.05) is 12.1 Å². The van der Waals surface area contributed by atoms with E-state index in [0.29, 0.717) is 16.9 Å². The van der Waals surface area contributed by atoms with E-state index in [4.69, 9.17) is 23.2 Å². The number of piperazine rings is 1. The van der Waals surface area contributed by atoms with Gasteiger partial charge in [0.2, 0.25) is 0 Å². The molecule has 1 aliphatic heterocycles. The molecule has 10 heteroatoms. The number of hydrogen-bond acceptors (Lipinski definition) is 6. The molecule has 3 heterocycles. The van der Waals surface area contributed by atoms with Gasteiger partial charge in [-0.2, -0.15) is 0 Å². The SMILES string of the molecule is Cc1ccnc(C)c1NS(=O)(=O)c1c(Cl)cc(-c2ccnc(N3CCNCC3)c2)cc1Cl. The predicted octanol–water partition coefficient (Wildman–Crippen LogP) is 4.28. The second kappa shape index (κ2) is 9.23. The first-order chi connectivity index (χ1) is 15.3. The molecular formula is C22H23Cl2N5O2S. The van der Waals surface area contributed by atoms with Gasteiger partial charge in [0.05, 0.1) is 21.4 Å². The minimum absolute atomic E-state index is 0.0414. The van der Waals surface area contributed by atoms with Crippen LogP contribution in [0.15, 0.2) is 47.6 Å². The Morgan fingerprint density at radius 2 is 1.62 bits per heavy atom. The number of anilines is 2. The van der Waals surface area contributed by atoms with Gasteiger partial charge in [-0.05, 0) is 60.9 Å². The molecule has 4 rings (SSSR count). The molecule has 2 aromatic heterocycles. The number of halogens is 2. The molecule has 7 nitrogen and oxygen atoms in total. The second-order valence-electron chi connectivity index (χ2n) is 7.60. The van der Waals surface area contributed by atoms with Crippen LogP contribution in [0.3, 0.4) is 0 Å². The molecule has 0 spiro atoms. The van der Waals surface area contributed by atoms with E-state index in [-0.39, 0.29) is 14.9 Å². The van der Waals surface area contributed by atoms with Gasteiger partial charge in [-0.25, -0.2) is 13.4 Å². The van der Waals surface area contributed by atoms with E-state index in [9.17, 15) is 8.42 Å². The number of hydrogen-bond donors (Lipinski definition) is 2. The average molecular weight is 492 g/mol. The molecule has 1 aromatic carbocycles. The number of sulfonamides is 1. The fourth-order valence-electron chi connectivity index (χ4n) is 3.68. The first-order valence-electron chi connectivity index (χ1n) is 10.1. The van der Waals surface area contributed by atoms with Crippen LogP contribution in [0.2, 0.25) is 10.0 Å². The third-order valence-corrected chi connectivity index (χ3v) is 7.64. The molecule has 3 aromatic rings. The van der Waals surface area contributed by atoms with Crippen LogP contribution in [-0.4, -0.2) is 44.6 Å². The van der Waals surface area contributed by atoms with Gasteiger partial charge in [-0.1, -0.05) is 23.2 Å². The highest BCUT2D eigenvalue weighted by Gasteiger charge is 2.25. The zero-order valence-electron chi connectivity index (χ0n) is 17.7. The van der Waals surface area contributed by atoms with Crippen LogP contribution >= 0.6 is 23.2 Å². The minimum Gasteiger partial charge on any atom is -0.354 e. The lowest BCUT2D eigenvalue weighted by molar-refractivity contribution is 0.585. The zero-order valence-corrected chi connectivity index (χ0v) is 20.0. The maximum atomic E-state index is 13.1. The van der Waals surface area contributed by atoms with Crippen molar-refractivity contribution in [2.45, 2.75) is 18.7 Å². The monoisotopic (exact) mass is 491 g/mol. The Morgan fingerprint density at radius 1 is 0.969 bits per heavy atom. The molecule has 1 fully saturated rings. The van der Waals surface area contributed by atoms with Crippen molar-refractivity contribution in [1.82, 2.24) is 15.3 Å². The number of pyridine rings is 2.